The Morgan fingerprint density at radius 1 is 1.44 bits per heavy atom. The average molecular weight is 266 g/mol. The highest BCUT2D eigenvalue weighted by Gasteiger charge is 2.22. The molecule has 1 rings (SSSR count). The molecule has 1 aromatic rings. The lowest BCUT2D eigenvalue weighted by molar-refractivity contribution is -0.141. The summed E-state index contributed by atoms with van der Waals surface area (Å²) in [5.41, 5.74) is 1.03. The lowest BCUT2D eigenvalue weighted by atomic mass is 10.2. The number of nitrogens with zero attached hydrogens (tertiary/aromatic N) is 1. The number of thiocarbonyl (C=S) groups is 1. The molecule has 0 fully saturated rings. The molecule has 2 N–H and O–H groups in total. The van der Waals surface area contributed by atoms with Crippen LogP contribution in [0, 0.1) is 0 Å². The van der Waals surface area contributed by atoms with E-state index in [4.69, 9.17) is 17.3 Å². The van der Waals surface area contributed by atoms with Crippen LogP contribution in [0.25, 0.3) is 0 Å². The van der Waals surface area contributed by atoms with Crippen molar-refractivity contribution < 1.29 is 9.90 Å². The molecule has 1 unspecified atom stereocenters. The monoisotopic (exact) mass is 266 g/mol. The van der Waals surface area contributed by atoms with Crippen LogP contribution in [-0.4, -0.2) is 33.7 Å². The summed E-state index contributed by atoms with van der Waals surface area (Å²) in [7, 11) is 0. The van der Waals surface area contributed by atoms with Crippen molar-refractivity contribution in [3.8, 4) is 0 Å². The summed E-state index contributed by atoms with van der Waals surface area (Å²) in [5.74, 6) is -0.883. The smallest absolute Gasteiger partial charge is 0.326 e. The van der Waals surface area contributed by atoms with Gasteiger partial charge in [-0.3, -0.25) is 0 Å². The Morgan fingerprint density at radius 3 is 2.56 bits per heavy atom. The molecule has 18 heavy (non-hydrogen) atoms. The molecule has 0 amide bonds. The Labute approximate surface area is 113 Å². The molecule has 1 aromatic carbocycles. The molecule has 0 saturated carbocycles. The quantitative estimate of drug-likeness (QED) is 0.797. The molecule has 0 aromatic heterocycles. The standard InChI is InChI=1S/C13H18N2O2S/c1-3-14-13(18)15(10(2)12(16)17)9-11-7-5-4-6-8-11/h4-8,10H,3,9H2,1-2H3,(H,14,18)(H,16,17). The molecule has 0 radical (unpaired) electrons. The molecule has 0 saturated heterocycles. The molecule has 5 heteroatoms. The molecule has 0 spiro atoms. The molecular weight excluding hydrogens is 248 g/mol. The maximum Gasteiger partial charge on any atom is 0.326 e. The number of nitrogens with one attached hydrogen (secondary N) is 1. The number of carboxylic acids is 1. The van der Waals surface area contributed by atoms with Gasteiger partial charge >= 0.3 is 5.97 Å². The summed E-state index contributed by atoms with van der Waals surface area (Å²) in [4.78, 5) is 12.8. The van der Waals surface area contributed by atoms with E-state index in [1.807, 2.05) is 37.3 Å². The van der Waals surface area contributed by atoms with Crippen molar-refractivity contribution in [2.24, 2.45) is 0 Å². The second kappa shape index (κ2) is 6.96. The van der Waals surface area contributed by atoms with Gasteiger partial charge in [-0.25, -0.2) is 4.79 Å². The van der Waals surface area contributed by atoms with E-state index in [0.29, 0.717) is 18.2 Å². The predicted octanol–water partition coefficient (Wildman–Crippen LogP) is 1.86. The van der Waals surface area contributed by atoms with Gasteiger partial charge in [0.25, 0.3) is 0 Å². The minimum Gasteiger partial charge on any atom is -0.480 e. The van der Waals surface area contributed by atoms with Crippen molar-refractivity contribution >= 4 is 23.3 Å². The first-order chi connectivity index (χ1) is 8.56. The van der Waals surface area contributed by atoms with Crippen LogP contribution in [0.4, 0.5) is 0 Å². The van der Waals surface area contributed by atoms with E-state index in [1.54, 1.807) is 11.8 Å². The first-order valence-electron chi connectivity index (χ1n) is 5.87. The van der Waals surface area contributed by atoms with Crippen LogP contribution >= 0.6 is 12.2 Å². The molecule has 0 aliphatic carbocycles. The Bertz CT molecular complexity index is 409. The van der Waals surface area contributed by atoms with Gasteiger partial charge in [-0.05, 0) is 31.6 Å². The summed E-state index contributed by atoms with van der Waals surface area (Å²) in [5, 5.41) is 12.6. The zero-order valence-electron chi connectivity index (χ0n) is 10.6. The van der Waals surface area contributed by atoms with Crippen molar-refractivity contribution in [3.05, 3.63) is 35.9 Å². The fraction of sp³-hybridized carbons (Fsp3) is 0.385. The maximum absolute atomic E-state index is 11.1. The number of aliphatic carboxylic acids is 1. The maximum atomic E-state index is 11.1. The SMILES string of the molecule is CCNC(=S)N(Cc1ccccc1)C(C)C(=O)O. The largest absolute Gasteiger partial charge is 0.480 e. The van der Waals surface area contributed by atoms with Crippen LogP contribution in [0.15, 0.2) is 30.3 Å². The van der Waals surface area contributed by atoms with Gasteiger partial charge in [0.15, 0.2) is 5.11 Å². The van der Waals surface area contributed by atoms with Crippen LogP contribution in [0.5, 0.6) is 0 Å². The van der Waals surface area contributed by atoms with Gasteiger partial charge in [-0.1, -0.05) is 30.3 Å². The normalized spacial score (nSPS) is 11.7. The van der Waals surface area contributed by atoms with Crippen molar-refractivity contribution in [1.82, 2.24) is 10.2 Å². The van der Waals surface area contributed by atoms with Crippen LogP contribution in [0.3, 0.4) is 0 Å². The van der Waals surface area contributed by atoms with E-state index < -0.39 is 12.0 Å². The first kappa shape index (κ1) is 14.4. The fourth-order valence-corrected chi connectivity index (χ4v) is 1.92. The molecule has 98 valence electrons. The van der Waals surface area contributed by atoms with E-state index in [9.17, 15) is 4.79 Å². The number of hydrogen-bond acceptors (Lipinski definition) is 2. The number of hydrogen-bond donors (Lipinski definition) is 2. The van der Waals surface area contributed by atoms with E-state index >= 15 is 0 Å². The van der Waals surface area contributed by atoms with Gasteiger partial charge in [0.05, 0.1) is 0 Å². The third-order valence-corrected chi connectivity index (χ3v) is 2.99. The second-order valence-electron chi connectivity index (χ2n) is 3.96. The first-order valence-corrected chi connectivity index (χ1v) is 6.28. The van der Waals surface area contributed by atoms with Gasteiger partial charge in [-0.2, -0.15) is 0 Å². The van der Waals surface area contributed by atoms with E-state index in [1.165, 1.54) is 0 Å². The van der Waals surface area contributed by atoms with E-state index in [-0.39, 0.29) is 0 Å². The summed E-state index contributed by atoms with van der Waals surface area (Å²) in [6, 6.07) is 9.03. The third-order valence-electron chi connectivity index (χ3n) is 2.61. The molecule has 0 aliphatic heterocycles. The predicted molar refractivity (Wildman–Crippen MR) is 75.4 cm³/mol. The van der Waals surface area contributed by atoms with Gasteiger partial charge in [-0.15, -0.1) is 0 Å². The molecule has 0 bridgehead atoms. The zero-order chi connectivity index (χ0) is 13.5. The Balaban J connectivity index is 2.84. The summed E-state index contributed by atoms with van der Waals surface area (Å²) in [6.07, 6.45) is 0. The summed E-state index contributed by atoms with van der Waals surface area (Å²) >= 11 is 5.22. The van der Waals surface area contributed by atoms with Crippen LogP contribution in [-0.2, 0) is 11.3 Å². The summed E-state index contributed by atoms with van der Waals surface area (Å²) < 4.78 is 0. The van der Waals surface area contributed by atoms with Gasteiger partial charge in [0.1, 0.15) is 6.04 Å². The number of benzene rings is 1. The number of carboxylic acid groups (broad SMARTS) is 1. The Morgan fingerprint density at radius 2 is 2.06 bits per heavy atom. The van der Waals surface area contributed by atoms with Gasteiger partial charge in [0, 0.05) is 13.1 Å². The van der Waals surface area contributed by atoms with Crippen LogP contribution < -0.4 is 5.32 Å². The summed E-state index contributed by atoms with van der Waals surface area (Å²) in [6.45, 7) is 4.73. The fourth-order valence-electron chi connectivity index (χ4n) is 1.55. The average Bonchev–Trinajstić information content (AvgIpc) is 2.36. The Hall–Kier alpha value is -1.62. The van der Waals surface area contributed by atoms with Crippen molar-refractivity contribution in [2.75, 3.05) is 6.54 Å². The minimum atomic E-state index is -0.883. The van der Waals surface area contributed by atoms with Crippen molar-refractivity contribution in [3.63, 3.8) is 0 Å². The van der Waals surface area contributed by atoms with Crippen LogP contribution in [0.2, 0.25) is 0 Å². The third kappa shape index (κ3) is 4.00. The zero-order valence-corrected chi connectivity index (χ0v) is 11.4. The highest BCUT2D eigenvalue weighted by Crippen LogP contribution is 2.09. The number of carbonyl (C=O) groups is 1. The van der Waals surface area contributed by atoms with E-state index in [0.717, 1.165) is 5.56 Å². The molecule has 1 atom stereocenters. The molecular formula is C13H18N2O2S. The van der Waals surface area contributed by atoms with Crippen molar-refractivity contribution in [1.29, 1.82) is 0 Å². The van der Waals surface area contributed by atoms with Gasteiger partial charge < -0.3 is 15.3 Å². The van der Waals surface area contributed by atoms with Crippen LogP contribution in [0.1, 0.15) is 19.4 Å². The van der Waals surface area contributed by atoms with Crippen molar-refractivity contribution in [2.45, 2.75) is 26.4 Å². The lowest BCUT2D eigenvalue weighted by Gasteiger charge is -2.29. The molecule has 0 aliphatic rings. The van der Waals surface area contributed by atoms with E-state index in [2.05, 4.69) is 5.32 Å². The Kier molecular flexibility index (Phi) is 5.58. The molecule has 0 heterocycles. The lowest BCUT2D eigenvalue weighted by Crippen LogP contribution is -2.47. The minimum absolute atomic E-state index is 0.469. The molecule has 4 nitrogen and oxygen atoms in total. The highest BCUT2D eigenvalue weighted by molar-refractivity contribution is 7.80. The number of rotatable bonds is 5. The van der Waals surface area contributed by atoms with Gasteiger partial charge in [0.2, 0.25) is 0 Å². The topological polar surface area (TPSA) is 52.6 Å². The highest BCUT2D eigenvalue weighted by atomic mass is 32.1. The second-order valence-corrected chi connectivity index (χ2v) is 4.35.